The number of thiophene rings is 1. The first-order valence-corrected chi connectivity index (χ1v) is 10.3. The van der Waals surface area contributed by atoms with E-state index in [-0.39, 0.29) is 0 Å². The van der Waals surface area contributed by atoms with E-state index < -0.39 is 0 Å². The summed E-state index contributed by atoms with van der Waals surface area (Å²) in [5.74, 6) is 1.60. The van der Waals surface area contributed by atoms with Gasteiger partial charge in [-0.15, -0.1) is 21.5 Å². The van der Waals surface area contributed by atoms with Crippen molar-refractivity contribution in [2.24, 2.45) is 0 Å². The minimum Gasteiger partial charge on any atom is -0.268 e. The van der Waals surface area contributed by atoms with Gasteiger partial charge in [0.05, 0.1) is 5.39 Å². The first-order chi connectivity index (χ1) is 12.7. The van der Waals surface area contributed by atoms with Gasteiger partial charge >= 0.3 is 0 Å². The quantitative estimate of drug-likeness (QED) is 0.461. The lowest BCUT2D eigenvalue weighted by Gasteiger charge is -2.19. The van der Waals surface area contributed by atoms with E-state index in [4.69, 9.17) is 4.98 Å². The van der Waals surface area contributed by atoms with Crippen molar-refractivity contribution in [2.45, 2.75) is 51.9 Å². The highest BCUT2D eigenvalue weighted by Gasteiger charge is 2.23. The average molecular weight is 363 g/mol. The van der Waals surface area contributed by atoms with Crippen LogP contribution in [0, 0.1) is 13.8 Å². The maximum Gasteiger partial charge on any atom is 0.173 e. The second kappa shape index (κ2) is 6.16. The van der Waals surface area contributed by atoms with Crippen LogP contribution in [0.25, 0.3) is 27.0 Å². The van der Waals surface area contributed by atoms with Gasteiger partial charge in [0.1, 0.15) is 17.0 Å². The number of aromatic nitrogens is 4. The number of benzene rings is 1. The van der Waals surface area contributed by atoms with Gasteiger partial charge in [0, 0.05) is 16.9 Å². The van der Waals surface area contributed by atoms with Crippen molar-refractivity contribution >= 4 is 27.2 Å². The van der Waals surface area contributed by atoms with Crippen LogP contribution in [-0.2, 0) is 0 Å². The Bertz CT molecular complexity index is 1100. The SMILES string of the molecule is Cc1ccc(-c2csc3ncn4c(C5CCCCC5)nnc4c23)cc1C. The van der Waals surface area contributed by atoms with Crippen LogP contribution in [-0.4, -0.2) is 19.6 Å². The number of rotatable bonds is 2. The molecular formula is C21H22N4S. The molecule has 0 N–H and O–H groups in total. The van der Waals surface area contributed by atoms with Crippen molar-refractivity contribution in [3.63, 3.8) is 0 Å². The molecule has 0 atom stereocenters. The molecule has 0 saturated heterocycles. The smallest absolute Gasteiger partial charge is 0.173 e. The Morgan fingerprint density at radius 3 is 2.69 bits per heavy atom. The van der Waals surface area contributed by atoms with Gasteiger partial charge in [-0.25, -0.2) is 4.98 Å². The Hall–Kier alpha value is -2.27. The van der Waals surface area contributed by atoms with Crippen LogP contribution in [0.15, 0.2) is 29.9 Å². The molecule has 0 amide bonds. The monoisotopic (exact) mass is 362 g/mol. The van der Waals surface area contributed by atoms with Crippen molar-refractivity contribution in [1.29, 1.82) is 0 Å². The first-order valence-electron chi connectivity index (χ1n) is 9.41. The maximum absolute atomic E-state index is 4.72. The summed E-state index contributed by atoms with van der Waals surface area (Å²) in [6.07, 6.45) is 8.28. The largest absolute Gasteiger partial charge is 0.268 e. The van der Waals surface area contributed by atoms with Crippen molar-refractivity contribution in [2.75, 3.05) is 0 Å². The van der Waals surface area contributed by atoms with Crippen molar-refractivity contribution in [3.05, 3.63) is 46.9 Å². The number of nitrogens with zero attached hydrogens (tertiary/aromatic N) is 4. The Labute approximate surface area is 156 Å². The van der Waals surface area contributed by atoms with E-state index in [0.717, 1.165) is 21.7 Å². The summed E-state index contributed by atoms with van der Waals surface area (Å²) in [4.78, 5) is 5.76. The average Bonchev–Trinajstić information content (AvgIpc) is 3.28. The number of hydrogen-bond donors (Lipinski definition) is 0. The topological polar surface area (TPSA) is 43.1 Å². The van der Waals surface area contributed by atoms with Crippen LogP contribution in [0.2, 0.25) is 0 Å². The standard InChI is InChI=1S/C21H22N4S/c1-13-8-9-16(10-14(13)2)17-11-26-21-18(17)20-24-23-19(25(20)12-22-21)15-6-4-3-5-7-15/h8-12,15H,3-7H2,1-2H3. The molecule has 132 valence electrons. The summed E-state index contributed by atoms with van der Waals surface area (Å²) >= 11 is 1.69. The number of hydrogen-bond acceptors (Lipinski definition) is 4. The van der Waals surface area contributed by atoms with Crippen LogP contribution in [0.5, 0.6) is 0 Å². The molecule has 0 unspecified atom stereocenters. The van der Waals surface area contributed by atoms with E-state index in [9.17, 15) is 0 Å². The van der Waals surface area contributed by atoms with Crippen molar-refractivity contribution in [1.82, 2.24) is 19.6 Å². The zero-order valence-corrected chi connectivity index (χ0v) is 16.0. The normalized spacial score (nSPS) is 15.9. The molecule has 1 aromatic carbocycles. The molecule has 1 aliphatic rings. The van der Waals surface area contributed by atoms with Gasteiger partial charge in [0.15, 0.2) is 5.65 Å². The highest BCUT2D eigenvalue weighted by molar-refractivity contribution is 7.17. The molecule has 3 heterocycles. The first kappa shape index (κ1) is 15.9. The second-order valence-corrected chi connectivity index (χ2v) is 8.32. The molecule has 4 aromatic rings. The molecule has 1 aliphatic carbocycles. The van der Waals surface area contributed by atoms with Crippen molar-refractivity contribution in [3.8, 4) is 11.1 Å². The highest BCUT2D eigenvalue weighted by atomic mass is 32.1. The molecule has 0 aliphatic heterocycles. The number of aryl methyl sites for hydroxylation is 2. The summed E-state index contributed by atoms with van der Waals surface area (Å²) < 4.78 is 2.13. The molecule has 0 bridgehead atoms. The fourth-order valence-electron chi connectivity index (χ4n) is 4.12. The van der Waals surface area contributed by atoms with Gasteiger partial charge in [0.2, 0.25) is 0 Å². The lowest BCUT2D eigenvalue weighted by Crippen LogP contribution is -2.08. The summed E-state index contributed by atoms with van der Waals surface area (Å²) in [7, 11) is 0. The third kappa shape index (κ3) is 2.45. The Kier molecular flexibility index (Phi) is 3.78. The van der Waals surface area contributed by atoms with E-state index in [1.54, 1.807) is 11.3 Å². The maximum atomic E-state index is 4.72. The van der Waals surface area contributed by atoms with E-state index >= 15 is 0 Å². The Morgan fingerprint density at radius 1 is 1.04 bits per heavy atom. The van der Waals surface area contributed by atoms with Gasteiger partial charge in [-0.2, -0.15) is 0 Å². The highest BCUT2D eigenvalue weighted by Crippen LogP contribution is 2.37. The third-order valence-corrected chi connectivity index (χ3v) is 6.68. The summed E-state index contributed by atoms with van der Waals surface area (Å²) in [6.45, 7) is 4.32. The molecule has 3 aromatic heterocycles. The van der Waals surface area contributed by atoms with Crippen LogP contribution >= 0.6 is 11.3 Å². The fraction of sp³-hybridized carbons (Fsp3) is 0.381. The van der Waals surface area contributed by atoms with Gasteiger partial charge in [-0.1, -0.05) is 37.5 Å². The zero-order valence-electron chi connectivity index (χ0n) is 15.2. The van der Waals surface area contributed by atoms with E-state index in [1.807, 2.05) is 6.33 Å². The molecule has 0 spiro atoms. The molecular weight excluding hydrogens is 340 g/mol. The number of fused-ring (bicyclic) bond motifs is 3. The summed E-state index contributed by atoms with van der Waals surface area (Å²) in [5.41, 5.74) is 6.03. The summed E-state index contributed by atoms with van der Waals surface area (Å²) in [5, 5.41) is 12.5. The van der Waals surface area contributed by atoms with E-state index in [1.165, 1.54) is 54.4 Å². The Morgan fingerprint density at radius 2 is 1.88 bits per heavy atom. The molecule has 1 fully saturated rings. The summed E-state index contributed by atoms with van der Waals surface area (Å²) in [6, 6.07) is 6.66. The molecule has 5 rings (SSSR count). The van der Waals surface area contributed by atoms with Crippen molar-refractivity contribution < 1.29 is 0 Å². The van der Waals surface area contributed by atoms with Crippen LogP contribution in [0.1, 0.15) is 55.0 Å². The second-order valence-electron chi connectivity index (χ2n) is 7.46. The van der Waals surface area contributed by atoms with Gasteiger partial charge in [0.25, 0.3) is 0 Å². The molecule has 26 heavy (non-hydrogen) atoms. The Balaban J connectivity index is 1.71. The third-order valence-electron chi connectivity index (χ3n) is 5.80. The van der Waals surface area contributed by atoms with Gasteiger partial charge in [-0.3, -0.25) is 4.40 Å². The molecule has 1 saturated carbocycles. The molecule has 5 heteroatoms. The minimum atomic E-state index is 0.515. The fourth-order valence-corrected chi connectivity index (χ4v) is 5.03. The lowest BCUT2D eigenvalue weighted by atomic mass is 9.89. The van der Waals surface area contributed by atoms with Crippen LogP contribution in [0.3, 0.4) is 0 Å². The van der Waals surface area contributed by atoms with Gasteiger partial charge < -0.3 is 0 Å². The van der Waals surface area contributed by atoms with Crippen LogP contribution < -0.4 is 0 Å². The van der Waals surface area contributed by atoms with E-state index in [2.05, 4.69) is 52.0 Å². The minimum absolute atomic E-state index is 0.515. The molecule has 4 nitrogen and oxygen atoms in total. The predicted molar refractivity (Wildman–Crippen MR) is 107 cm³/mol. The predicted octanol–water partition coefficient (Wildman–Crippen LogP) is 5.67. The zero-order chi connectivity index (χ0) is 17.7. The van der Waals surface area contributed by atoms with E-state index in [0.29, 0.717) is 5.92 Å². The molecule has 0 radical (unpaired) electrons. The van der Waals surface area contributed by atoms with Gasteiger partial charge in [-0.05, 0) is 43.4 Å². The van der Waals surface area contributed by atoms with Crippen LogP contribution in [0.4, 0.5) is 0 Å². The lowest BCUT2D eigenvalue weighted by molar-refractivity contribution is 0.426.